The van der Waals surface area contributed by atoms with E-state index in [9.17, 15) is 4.79 Å². The Morgan fingerprint density at radius 2 is 2.11 bits per heavy atom. The fourth-order valence-electron chi connectivity index (χ4n) is 2.37. The molecular weight excluding hydrogens is 264 g/mol. The Balaban J connectivity index is 0.00000180. The fraction of sp³-hybridized carbons (Fsp3) is 0.500. The largest absolute Gasteiger partial charge is 0.465 e. The highest BCUT2D eigenvalue weighted by Crippen LogP contribution is 2.18. The van der Waals surface area contributed by atoms with Crippen LogP contribution in [0.2, 0.25) is 0 Å². The molecule has 1 atom stereocenters. The van der Waals surface area contributed by atoms with E-state index in [1.165, 1.54) is 19.1 Å². The first-order valence-corrected chi connectivity index (χ1v) is 6.32. The number of hydrogen-bond donors (Lipinski definition) is 1. The zero-order chi connectivity index (χ0) is 13.0. The van der Waals surface area contributed by atoms with Crippen LogP contribution in [0.4, 0.5) is 0 Å². The molecule has 2 rings (SSSR count). The van der Waals surface area contributed by atoms with Gasteiger partial charge in [0.1, 0.15) is 0 Å². The van der Waals surface area contributed by atoms with Gasteiger partial charge < -0.3 is 10.5 Å². The summed E-state index contributed by atoms with van der Waals surface area (Å²) in [7, 11) is 1.40. The van der Waals surface area contributed by atoms with E-state index in [1.54, 1.807) is 0 Å². The molecule has 0 aromatic heterocycles. The molecule has 5 heteroatoms. The van der Waals surface area contributed by atoms with Gasteiger partial charge in [-0.3, -0.25) is 4.90 Å². The molecule has 1 aliphatic heterocycles. The zero-order valence-corrected chi connectivity index (χ0v) is 12.0. The number of esters is 1. The second kappa shape index (κ2) is 7.48. The smallest absolute Gasteiger partial charge is 0.337 e. The average molecular weight is 285 g/mol. The van der Waals surface area contributed by atoms with Gasteiger partial charge in [-0.1, -0.05) is 12.1 Å². The Kier molecular flexibility index (Phi) is 6.28. The summed E-state index contributed by atoms with van der Waals surface area (Å²) in [5, 5.41) is 0. The van der Waals surface area contributed by atoms with Crippen LogP contribution in [0.5, 0.6) is 0 Å². The Bertz CT molecular complexity index is 408. The van der Waals surface area contributed by atoms with Crippen LogP contribution in [0.15, 0.2) is 24.3 Å². The van der Waals surface area contributed by atoms with Crippen LogP contribution in [0.1, 0.15) is 22.3 Å². The lowest BCUT2D eigenvalue weighted by Gasteiger charge is -2.15. The number of nitrogens with zero attached hydrogens (tertiary/aromatic N) is 1. The predicted octanol–water partition coefficient (Wildman–Crippen LogP) is 1.68. The molecule has 1 aliphatic rings. The minimum Gasteiger partial charge on any atom is -0.465 e. The van der Waals surface area contributed by atoms with Gasteiger partial charge in [0.2, 0.25) is 0 Å². The first kappa shape index (κ1) is 16.0. The van der Waals surface area contributed by atoms with Gasteiger partial charge in [-0.05, 0) is 43.1 Å². The maximum atomic E-state index is 11.3. The maximum absolute atomic E-state index is 11.3. The minimum atomic E-state index is -0.286. The molecule has 19 heavy (non-hydrogen) atoms. The lowest BCUT2D eigenvalue weighted by atomic mass is 10.1. The Morgan fingerprint density at radius 1 is 1.42 bits per heavy atom. The van der Waals surface area contributed by atoms with Crippen LogP contribution >= 0.6 is 12.4 Å². The van der Waals surface area contributed by atoms with E-state index in [0.717, 1.165) is 26.2 Å². The number of methoxy groups -OCH3 is 1. The van der Waals surface area contributed by atoms with Gasteiger partial charge in [-0.2, -0.15) is 0 Å². The van der Waals surface area contributed by atoms with Crippen LogP contribution in [0, 0.1) is 5.92 Å². The summed E-state index contributed by atoms with van der Waals surface area (Å²) >= 11 is 0. The molecule has 0 radical (unpaired) electrons. The lowest BCUT2D eigenvalue weighted by molar-refractivity contribution is 0.0600. The summed E-state index contributed by atoms with van der Waals surface area (Å²) in [6.07, 6.45) is 1.19. The molecule has 2 N–H and O–H groups in total. The SMILES string of the molecule is COC(=O)c1ccc(CN2CCC(CN)C2)cc1.Cl. The second-order valence-electron chi connectivity index (χ2n) is 4.81. The Morgan fingerprint density at radius 3 is 2.63 bits per heavy atom. The standard InChI is InChI=1S/C14H20N2O2.ClH/c1-18-14(17)13-4-2-11(3-5-13)9-16-7-6-12(8-15)10-16;/h2-5,12H,6-10,15H2,1H3;1H. The first-order valence-electron chi connectivity index (χ1n) is 6.32. The molecule has 1 aromatic carbocycles. The molecule has 1 aromatic rings. The number of ether oxygens (including phenoxy) is 1. The van der Waals surface area contributed by atoms with Crippen molar-refractivity contribution in [1.29, 1.82) is 0 Å². The highest BCUT2D eigenvalue weighted by molar-refractivity contribution is 5.89. The number of likely N-dealkylation sites (tertiary alicyclic amines) is 1. The third-order valence-corrected chi connectivity index (χ3v) is 3.48. The highest BCUT2D eigenvalue weighted by Gasteiger charge is 2.20. The second-order valence-corrected chi connectivity index (χ2v) is 4.81. The van der Waals surface area contributed by atoms with Gasteiger partial charge in [0, 0.05) is 13.1 Å². The first-order chi connectivity index (χ1) is 8.72. The molecule has 0 aliphatic carbocycles. The van der Waals surface area contributed by atoms with Crippen molar-refractivity contribution in [3.05, 3.63) is 35.4 Å². The van der Waals surface area contributed by atoms with Crippen LogP contribution in [-0.4, -0.2) is 37.6 Å². The predicted molar refractivity (Wildman–Crippen MR) is 77.5 cm³/mol. The molecule has 1 heterocycles. The number of halogens is 1. The highest BCUT2D eigenvalue weighted by atomic mass is 35.5. The minimum absolute atomic E-state index is 0. The third kappa shape index (κ3) is 4.20. The molecule has 0 bridgehead atoms. The van der Waals surface area contributed by atoms with Crippen LogP contribution in [0.25, 0.3) is 0 Å². The van der Waals surface area contributed by atoms with Crippen LogP contribution in [-0.2, 0) is 11.3 Å². The topological polar surface area (TPSA) is 55.6 Å². The van der Waals surface area contributed by atoms with Crippen molar-refractivity contribution >= 4 is 18.4 Å². The summed E-state index contributed by atoms with van der Waals surface area (Å²) in [6, 6.07) is 7.61. The molecule has 106 valence electrons. The quantitative estimate of drug-likeness (QED) is 0.855. The van der Waals surface area contributed by atoms with E-state index in [1.807, 2.05) is 24.3 Å². The van der Waals surface area contributed by atoms with Crippen molar-refractivity contribution in [3.8, 4) is 0 Å². The summed E-state index contributed by atoms with van der Waals surface area (Å²) in [5.41, 5.74) is 7.50. The molecular formula is C14H21ClN2O2. The van der Waals surface area contributed by atoms with E-state index in [4.69, 9.17) is 5.73 Å². The van der Waals surface area contributed by atoms with Crippen molar-refractivity contribution in [2.45, 2.75) is 13.0 Å². The third-order valence-electron chi connectivity index (χ3n) is 3.48. The van der Waals surface area contributed by atoms with Gasteiger partial charge in [-0.25, -0.2) is 4.79 Å². The van der Waals surface area contributed by atoms with Crippen molar-refractivity contribution in [2.75, 3.05) is 26.7 Å². The van der Waals surface area contributed by atoms with Gasteiger partial charge in [-0.15, -0.1) is 12.4 Å². The Hall–Kier alpha value is -1.10. The van der Waals surface area contributed by atoms with Gasteiger partial charge >= 0.3 is 5.97 Å². The monoisotopic (exact) mass is 284 g/mol. The summed E-state index contributed by atoms with van der Waals surface area (Å²) in [6.45, 7) is 3.89. The molecule has 4 nitrogen and oxygen atoms in total. The molecule has 0 saturated carbocycles. The van der Waals surface area contributed by atoms with Crippen LogP contribution in [0.3, 0.4) is 0 Å². The van der Waals surface area contributed by atoms with E-state index in [-0.39, 0.29) is 18.4 Å². The van der Waals surface area contributed by atoms with Gasteiger partial charge in [0.05, 0.1) is 12.7 Å². The molecule has 0 amide bonds. The molecule has 1 fully saturated rings. The van der Waals surface area contributed by atoms with Crippen LogP contribution < -0.4 is 5.73 Å². The summed E-state index contributed by atoms with van der Waals surface area (Å²) in [5.74, 6) is 0.352. The van der Waals surface area contributed by atoms with Crippen molar-refractivity contribution < 1.29 is 9.53 Å². The van der Waals surface area contributed by atoms with E-state index in [0.29, 0.717) is 11.5 Å². The fourth-order valence-corrected chi connectivity index (χ4v) is 2.37. The summed E-state index contributed by atoms with van der Waals surface area (Å²) < 4.78 is 4.67. The molecule has 1 unspecified atom stereocenters. The van der Waals surface area contributed by atoms with E-state index < -0.39 is 0 Å². The lowest BCUT2D eigenvalue weighted by Crippen LogP contribution is -2.22. The van der Waals surface area contributed by atoms with Crippen molar-refractivity contribution in [1.82, 2.24) is 4.90 Å². The number of carbonyl (C=O) groups is 1. The average Bonchev–Trinajstić information content (AvgIpc) is 2.86. The van der Waals surface area contributed by atoms with E-state index >= 15 is 0 Å². The number of hydrogen-bond acceptors (Lipinski definition) is 4. The van der Waals surface area contributed by atoms with Gasteiger partial charge in [0.25, 0.3) is 0 Å². The molecule has 0 spiro atoms. The maximum Gasteiger partial charge on any atom is 0.337 e. The molecule has 1 saturated heterocycles. The van der Waals surface area contributed by atoms with Crippen molar-refractivity contribution in [3.63, 3.8) is 0 Å². The Labute approximate surface area is 120 Å². The summed E-state index contributed by atoms with van der Waals surface area (Å²) in [4.78, 5) is 13.7. The zero-order valence-electron chi connectivity index (χ0n) is 11.2. The number of nitrogens with two attached hydrogens (primary N) is 1. The number of rotatable bonds is 4. The van der Waals surface area contributed by atoms with E-state index in [2.05, 4.69) is 9.64 Å². The van der Waals surface area contributed by atoms with Crippen molar-refractivity contribution in [2.24, 2.45) is 11.7 Å². The number of carbonyl (C=O) groups excluding carboxylic acids is 1. The normalized spacial score (nSPS) is 18.9. The van der Waals surface area contributed by atoms with Gasteiger partial charge in [0.15, 0.2) is 0 Å². The number of benzene rings is 1.